The fourth-order valence-electron chi connectivity index (χ4n) is 1.91. The number of benzene rings is 1. The third-order valence-corrected chi connectivity index (χ3v) is 2.81. The second-order valence-electron chi connectivity index (χ2n) is 3.95. The van der Waals surface area contributed by atoms with Gasteiger partial charge in [0.2, 0.25) is 0 Å². The molecule has 17 heavy (non-hydrogen) atoms. The zero-order chi connectivity index (χ0) is 11.7. The molecule has 1 aromatic carbocycles. The minimum absolute atomic E-state index is 0.830. The van der Waals surface area contributed by atoms with Gasteiger partial charge in [-0.15, -0.1) is 0 Å². The van der Waals surface area contributed by atoms with E-state index in [-0.39, 0.29) is 0 Å². The van der Waals surface area contributed by atoms with E-state index in [4.69, 9.17) is 0 Å². The summed E-state index contributed by atoms with van der Waals surface area (Å²) >= 11 is 0. The third-order valence-electron chi connectivity index (χ3n) is 2.81. The average molecular weight is 225 g/mol. The van der Waals surface area contributed by atoms with Gasteiger partial charge in [-0.2, -0.15) is 0 Å². The number of guanidine groups is 1. The molecule has 0 aliphatic carbocycles. The Morgan fingerprint density at radius 2 is 1.88 bits per heavy atom. The van der Waals surface area contributed by atoms with Crippen LogP contribution in [0.5, 0.6) is 0 Å². The molecule has 0 saturated carbocycles. The zero-order valence-corrected chi connectivity index (χ0v) is 9.57. The quantitative estimate of drug-likeness (QED) is 0.615. The topological polar surface area (TPSA) is 62.2 Å². The van der Waals surface area contributed by atoms with E-state index in [1.165, 1.54) is 0 Å². The summed E-state index contributed by atoms with van der Waals surface area (Å²) < 4.78 is 0. The highest BCUT2D eigenvalue weighted by Gasteiger charge is 2.08. The molecule has 2 aromatic rings. The summed E-state index contributed by atoms with van der Waals surface area (Å²) in [6, 6.07) is 3.92. The molecule has 84 valence electrons. The summed E-state index contributed by atoms with van der Waals surface area (Å²) in [6.07, 6.45) is 3.41. The molecule has 6 heteroatoms. The molecule has 0 radical (unpaired) electrons. The molecule has 1 saturated heterocycles. The molecule has 0 spiro atoms. The molecule has 2 heterocycles. The maximum absolute atomic E-state index is 4.53. The van der Waals surface area contributed by atoms with Crippen molar-refractivity contribution in [1.82, 2.24) is 20.6 Å². The van der Waals surface area contributed by atoms with Crippen LogP contribution >= 0.6 is 0 Å². The lowest BCUT2D eigenvalue weighted by Crippen LogP contribution is -2.24. The van der Waals surface area contributed by atoms with Gasteiger partial charge in [-0.25, -0.2) is 4.99 Å². The maximum atomic E-state index is 4.53. The Balaban J connectivity index is 2.11. The van der Waals surface area contributed by atoms with E-state index in [1.54, 1.807) is 12.4 Å². The minimum Gasteiger partial charge on any atom is -0.354 e. The Labute approximate surface area is 99.8 Å². The summed E-state index contributed by atoms with van der Waals surface area (Å²) in [5.41, 5.74) is 3.79. The van der Waals surface area contributed by atoms with E-state index in [2.05, 4.69) is 25.6 Å². The Kier molecular flexibility index (Phi) is 2.40. The smallest absolute Gasteiger partial charge is 0.196 e. The highest BCUT2D eigenvalue weighted by Crippen LogP contribution is 2.14. The number of aromatic nitrogens is 2. The van der Waals surface area contributed by atoms with Gasteiger partial charge in [0, 0.05) is 25.5 Å². The van der Waals surface area contributed by atoms with E-state index in [0.29, 0.717) is 0 Å². The first-order valence-corrected chi connectivity index (χ1v) is 5.61. The molecule has 3 rings (SSSR count). The van der Waals surface area contributed by atoms with Gasteiger partial charge in [0.15, 0.2) is 5.96 Å². The van der Waals surface area contributed by atoms with Crippen LogP contribution in [0.3, 0.4) is 0 Å². The summed E-state index contributed by atoms with van der Waals surface area (Å²) in [5, 5.41) is 6.37. The van der Waals surface area contributed by atoms with Crippen molar-refractivity contribution in [3.8, 4) is 0 Å². The van der Waals surface area contributed by atoms with Crippen LogP contribution in [0.25, 0.3) is 11.0 Å². The van der Waals surface area contributed by atoms with Gasteiger partial charge in [0.25, 0.3) is 0 Å². The van der Waals surface area contributed by atoms with E-state index in [1.807, 2.05) is 20.0 Å². The summed E-state index contributed by atoms with van der Waals surface area (Å²) in [7, 11) is 2.02. The Hall–Kier alpha value is -2.11. The molecular weight excluding hydrogens is 213 g/mol. The number of fused-ring (bicyclic) bond motifs is 1. The van der Waals surface area contributed by atoms with Gasteiger partial charge in [-0.1, -0.05) is 0 Å². The van der Waals surface area contributed by atoms with Crippen molar-refractivity contribution >= 4 is 36.0 Å². The number of hydrogen-bond acceptors (Lipinski definition) is 3. The van der Waals surface area contributed by atoms with Gasteiger partial charge in [0.05, 0.1) is 16.7 Å². The first-order valence-electron chi connectivity index (χ1n) is 5.61. The maximum Gasteiger partial charge on any atom is 0.196 e. The summed E-state index contributed by atoms with van der Waals surface area (Å²) in [6.45, 7) is 1.84. The predicted octanol–water partition coefficient (Wildman–Crippen LogP) is -0.932. The standard InChI is InChI=1S/C11H12BN5/c12-9-7(17-11-15-5-6-16-11)1-2-8-10(9)14-4-3-13-8/h1-4H,5-6,12H2,(H2,15,16,17). The van der Waals surface area contributed by atoms with Crippen molar-refractivity contribution in [2.24, 2.45) is 4.99 Å². The molecule has 1 aromatic heterocycles. The van der Waals surface area contributed by atoms with E-state index < -0.39 is 0 Å². The van der Waals surface area contributed by atoms with Crippen LogP contribution in [-0.4, -0.2) is 36.9 Å². The Morgan fingerprint density at radius 1 is 1.12 bits per heavy atom. The first kappa shape index (κ1) is 10.1. The SMILES string of the molecule is Bc1c(N=C2NCCN2)ccc2nccnc12. The molecular formula is C11H12BN5. The van der Waals surface area contributed by atoms with Crippen LogP contribution in [0.2, 0.25) is 0 Å². The molecule has 1 fully saturated rings. The molecule has 1 aliphatic rings. The zero-order valence-electron chi connectivity index (χ0n) is 9.57. The first-order chi connectivity index (χ1) is 8.34. The molecule has 0 unspecified atom stereocenters. The Bertz CT molecular complexity index is 587. The third kappa shape index (κ3) is 1.82. The summed E-state index contributed by atoms with van der Waals surface area (Å²) in [5.74, 6) is 0.830. The van der Waals surface area contributed by atoms with Gasteiger partial charge >= 0.3 is 0 Å². The largest absolute Gasteiger partial charge is 0.354 e. The lowest BCUT2D eigenvalue weighted by molar-refractivity contribution is 0.942. The van der Waals surface area contributed by atoms with E-state index >= 15 is 0 Å². The van der Waals surface area contributed by atoms with Gasteiger partial charge in [0.1, 0.15) is 7.85 Å². The van der Waals surface area contributed by atoms with Crippen LogP contribution < -0.4 is 16.1 Å². The predicted molar refractivity (Wildman–Crippen MR) is 70.8 cm³/mol. The van der Waals surface area contributed by atoms with Gasteiger partial charge in [-0.3, -0.25) is 9.97 Å². The average Bonchev–Trinajstić information content (AvgIpc) is 2.86. The molecule has 1 aliphatic heterocycles. The van der Waals surface area contributed by atoms with Crippen LogP contribution in [-0.2, 0) is 0 Å². The number of rotatable bonds is 1. The minimum atomic E-state index is 0.830. The number of hydrogen-bond donors (Lipinski definition) is 2. The normalized spacial score (nSPS) is 14.5. The second kappa shape index (κ2) is 4.05. The highest BCUT2D eigenvalue weighted by molar-refractivity contribution is 6.41. The van der Waals surface area contributed by atoms with E-state index in [0.717, 1.165) is 41.2 Å². The lowest BCUT2D eigenvalue weighted by Gasteiger charge is -2.05. The number of nitrogens with one attached hydrogen (secondary N) is 2. The van der Waals surface area contributed by atoms with Crippen LogP contribution in [0.15, 0.2) is 29.5 Å². The van der Waals surface area contributed by atoms with Crippen molar-refractivity contribution in [1.29, 1.82) is 0 Å². The van der Waals surface area contributed by atoms with Gasteiger partial charge in [-0.05, 0) is 17.6 Å². The van der Waals surface area contributed by atoms with Crippen molar-refractivity contribution in [2.75, 3.05) is 13.1 Å². The molecule has 0 atom stereocenters. The van der Waals surface area contributed by atoms with Crippen molar-refractivity contribution in [3.63, 3.8) is 0 Å². The highest BCUT2D eigenvalue weighted by atomic mass is 15.2. The fourth-order valence-corrected chi connectivity index (χ4v) is 1.91. The van der Waals surface area contributed by atoms with Crippen molar-refractivity contribution < 1.29 is 0 Å². The fraction of sp³-hybridized carbons (Fsp3) is 0.182. The van der Waals surface area contributed by atoms with Crippen molar-refractivity contribution in [2.45, 2.75) is 0 Å². The van der Waals surface area contributed by atoms with Crippen LogP contribution in [0, 0.1) is 0 Å². The monoisotopic (exact) mass is 225 g/mol. The van der Waals surface area contributed by atoms with E-state index in [9.17, 15) is 0 Å². The molecule has 0 amide bonds. The lowest BCUT2D eigenvalue weighted by atomic mass is 9.92. The Morgan fingerprint density at radius 3 is 2.71 bits per heavy atom. The second-order valence-corrected chi connectivity index (χ2v) is 3.95. The summed E-state index contributed by atoms with van der Waals surface area (Å²) in [4.78, 5) is 13.2. The van der Waals surface area contributed by atoms with Crippen LogP contribution in [0.1, 0.15) is 0 Å². The molecule has 5 nitrogen and oxygen atoms in total. The van der Waals surface area contributed by atoms with Crippen molar-refractivity contribution in [3.05, 3.63) is 24.5 Å². The molecule has 0 bridgehead atoms. The number of nitrogens with zero attached hydrogens (tertiary/aromatic N) is 3. The van der Waals surface area contributed by atoms with Gasteiger partial charge < -0.3 is 10.6 Å². The number of aliphatic imine (C=N–C) groups is 1. The molecule has 2 N–H and O–H groups in total. The van der Waals surface area contributed by atoms with Crippen LogP contribution in [0.4, 0.5) is 5.69 Å².